The number of methoxy groups -OCH3 is 2. The van der Waals surface area contributed by atoms with Gasteiger partial charge in [0.05, 0.1) is 14.2 Å². The van der Waals surface area contributed by atoms with Gasteiger partial charge in [0.25, 0.3) is 0 Å². The van der Waals surface area contributed by atoms with E-state index in [4.69, 9.17) is 14.5 Å². The molecule has 0 atom stereocenters. The Bertz CT molecular complexity index is 660. The van der Waals surface area contributed by atoms with Gasteiger partial charge in [-0.1, -0.05) is 0 Å². The highest BCUT2D eigenvalue weighted by Gasteiger charge is 2.21. The highest BCUT2D eigenvalue weighted by molar-refractivity contribution is 5.80. The summed E-state index contributed by atoms with van der Waals surface area (Å²) in [5, 5.41) is 7.08. The second-order valence-corrected chi connectivity index (χ2v) is 8.49. The Morgan fingerprint density at radius 2 is 1.68 bits per heavy atom. The molecule has 0 amide bonds. The summed E-state index contributed by atoms with van der Waals surface area (Å²) in [5.74, 6) is 2.63. The second-order valence-electron chi connectivity index (χ2n) is 8.49. The van der Waals surface area contributed by atoms with E-state index in [2.05, 4.69) is 39.5 Å². The van der Waals surface area contributed by atoms with Crippen molar-refractivity contribution in [1.29, 1.82) is 0 Å². The molecule has 2 fully saturated rings. The predicted octanol–water partition coefficient (Wildman–Crippen LogP) is 3.10. The SMILES string of the molecule is CCNC(=NCCCCN1CCCC1)NC1CCN(c2cc(OC)cc(OC)c2)CC1. The standard InChI is InChI=1S/C24H41N5O2/c1-4-25-24(26-11-5-6-12-28-13-7-8-14-28)27-20-9-15-29(16-10-20)21-17-22(30-2)19-23(18-21)31-3/h17-20H,4-16H2,1-3H3,(H2,25,26,27). The van der Waals surface area contributed by atoms with Gasteiger partial charge in [-0.3, -0.25) is 4.99 Å². The van der Waals surface area contributed by atoms with Crippen molar-refractivity contribution < 1.29 is 9.47 Å². The van der Waals surface area contributed by atoms with Gasteiger partial charge in [0.15, 0.2) is 5.96 Å². The van der Waals surface area contributed by atoms with Crippen LogP contribution in [0.25, 0.3) is 0 Å². The van der Waals surface area contributed by atoms with E-state index in [1.165, 1.54) is 38.9 Å². The molecule has 3 rings (SSSR count). The molecule has 0 spiro atoms. The fourth-order valence-corrected chi connectivity index (χ4v) is 4.41. The van der Waals surface area contributed by atoms with Gasteiger partial charge in [-0.2, -0.15) is 0 Å². The third-order valence-electron chi connectivity index (χ3n) is 6.23. The molecule has 2 aliphatic rings. The normalized spacial score (nSPS) is 18.3. The van der Waals surface area contributed by atoms with Gasteiger partial charge in [0, 0.05) is 56.1 Å². The topological polar surface area (TPSA) is 61.4 Å². The van der Waals surface area contributed by atoms with Crippen molar-refractivity contribution in [3.8, 4) is 11.5 Å². The van der Waals surface area contributed by atoms with Crippen molar-refractivity contribution in [2.24, 2.45) is 4.99 Å². The van der Waals surface area contributed by atoms with Crippen molar-refractivity contribution in [3.05, 3.63) is 18.2 Å². The van der Waals surface area contributed by atoms with Crippen molar-refractivity contribution in [1.82, 2.24) is 15.5 Å². The van der Waals surface area contributed by atoms with Crippen molar-refractivity contribution >= 4 is 11.6 Å². The zero-order valence-corrected chi connectivity index (χ0v) is 19.7. The highest BCUT2D eigenvalue weighted by atomic mass is 16.5. The maximum absolute atomic E-state index is 5.43. The number of rotatable bonds is 10. The van der Waals surface area contributed by atoms with Gasteiger partial charge in [0.2, 0.25) is 0 Å². The van der Waals surface area contributed by atoms with Gasteiger partial charge in [0.1, 0.15) is 11.5 Å². The summed E-state index contributed by atoms with van der Waals surface area (Å²) < 4.78 is 10.9. The summed E-state index contributed by atoms with van der Waals surface area (Å²) in [7, 11) is 3.39. The number of hydrogen-bond donors (Lipinski definition) is 2. The molecular formula is C24H41N5O2. The van der Waals surface area contributed by atoms with Crippen LogP contribution in [0.1, 0.15) is 45.4 Å². The van der Waals surface area contributed by atoms with Crippen LogP contribution in [0.15, 0.2) is 23.2 Å². The molecule has 7 nitrogen and oxygen atoms in total. The molecular weight excluding hydrogens is 390 g/mol. The molecule has 7 heteroatoms. The highest BCUT2D eigenvalue weighted by Crippen LogP contribution is 2.30. The van der Waals surface area contributed by atoms with Crippen LogP contribution in [0.2, 0.25) is 0 Å². The smallest absolute Gasteiger partial charge is 0.191 e. The Morgan fingerprint density at radius 1 is 1.00 bits per heavy atom. The molecule has 0 saturated carbocycles. The van der Waals surface area contributed by atoms with Crippen LogP contribution < -0.4 is 25.0 Å². The van der Waals surface area contributed by atoms with Crippen LogP contribution in [0.4, 0.5) is 5.69 Å². The molecule has 2 aliphatic heterocycles. The number of guanidine groups is 1. The van der Waals surface area contributed by atoms with Gasteiger partial charge >= 0.3 is 0 Å². The average molecular weight is 432 g/mol. The molecule has 31 heavy (non-hydrogen) atoms. The number of unbranched alkanes of at least 4 members (excludes halogenated alkanes) is 1. The van der Waals surface area contributed by atoms with Crippen LogP contribution in [-0.2, 0) is 0 Å². The number of aliphatic imine (C=N–C) groups is 1. The Labute approximate surface area is 188 Å². The first-order valence-corrected chi connectivity index (χ1v) is 12.0. The summed E-state index contributed by atoms with van der Waals surface area (Å²) in [4.78, 5) is 9.81. The van der Waals surface area contributed by atoms with E-state index in [0.717, 1.165) is 68.6 Å². The Morgan fingerprint density at radius 3 is 2.29 bits per heavy atom. The molecule has 1 aromatic carbocycles. The molecule has 174 valence electrons. The molecule has 0 bridgehead atoms. The third kappa shape index (κ3) is 7.49. The van der Waals surface area contributed by atoms with Crippen LogP contribution in [0.3, 0.4) is 0 Å². The Balaban J connectivity index is 1.44. The van der Waals surface area contributed by atoms with E-state index < -0.39 is 0 Å². The summed E-state index contributed by atoms with van der Waals surface area (Å²) in [6.45, 7) is 9.72. The number of likely N-dealkylation sites (tertiary alicyclic amines) is 1. The lowest BCUT2D eigenvalue weighted by Gasteiger charge is -2.34. The van der Waals surface area contributed by atoms with Gasteiger partial charge in [-0.25, -0.2) is 0 Å². The molecule has 2 saturated heterocycles. The molecule has 0 aromatic heterocycles. The molecule has 0 aliphatic carbocycles. The quantitative estimate of drug-likeness (QED) is 0.337. The second kappa shape index (κ2) is 12.6. The van der Waals surface area contributed by atoms with E-state index in [-0.39, 0.29) is 0 Å². The molecule has 0 unspecified atom stereocenters. The van der Waals surface area contributed by atoms with E-state index in [0.29, 0.717) is 6.04 Å². The fourth-order valence-electron chi connectivity index (χ4n) is 4.41. The van der Waals surface area contributed by atoms with E-state index in [1.54, 1.807) is 14.2 Å². The largest absolute Gasteiger partial charge is 0.497 e. The van der Waals surface area contributed by atoms with E-state index >= 15 is 0 Å². The zero-order chi connectivity index (χ0) is 21.9. The molecule has 2 N–H and O–H groups in total. The number of anilines is 1. The Hall–Kier alpha value is -2.15. The number of benzene rings is 1. The molecule has 0 radical (unpaired) electrons. The lowest BCUT2D eigenvalue weighted by molar-refractivity contribution is 0.331. The maximum Gasteiger partial charge on any atom is 0.191 e. The molecule has 2 heterocycles. The van der Waals surface area contributed by atoms with Crippen molar-refractivity contribution in [2.75, 3.05) is 64.9 Å². The number of ether oxygens (including phenoxy) is 2. The summed E-state index contributed by atoms with van der Waals surface area (Å²) >= 11 is 0. The number of nitrogens with one attached hydrogen (secondary N) is 2. The minimum absolute atomic E-state index is 0.450. The van der Waals surface area contributed by atoms with E-state index in [1.807, 2.05) is 6.07 Å². The number of hydrogen-bond acceptors (Lipinski definition) is 5. The van der Waals surface area contributed by atoms with Crippen LogP contribution in [0, 0.1) is 0 Å². The average Bonchev–Trinajstić information content (AvgIpc) is 3.32. The van der Waals surface area contributed by atoms with Crippen molar-refractivity contribution in [2.45, 2.75) is 51.5 Å². The number of piperidine rings is 1. The first-order valence-electron chi connectivity index (χ1n) is 12.0. The lowest BCUT2D eigenvalue weighted by atomic mass is 10.0. The minimum Gasteiger partial charge on any atom is -0.497 e. The van der Waals surface area contributed by atoms with Crippen molar-refractivity contribution in [3.63, 3.8) is 0 Å². The summed E-state index contributed by atoms with van der Waals surface area (Å²) in [6, 6.07) is 6.54. The van der Waals surface area contributed by atoms with E-state index in [9.17, 15) is 0 Å². The third-order valence-corrected chi connectivity index (χ3v) is 6.23. The van der Waals surface area contributed by atoms with Gasteiger partial charge < -0.3 is 29.9 Å². The monoisotopic (exact) mass is 431 g/mol. The van der Waals surface area contributed by atoms with Crippen LogP contribution in [-0.4, -0.2) is 76.9 Å². The Kier molecular flexibility index (Phi) is 9.59. The molecule has 1 aromatic rings. The first kappa shape index (κ1) is 23.5. The zero-order valence-electron chi connectivity index (χ0n) is 19.7. The summed E-state index contributed by atoms with van der Waals surface area (Å²) in [5.41, 5.74) is 1.16. The minimum atomic E-state index is 0.450. The van der Waals surface area contributed by atoms with Crippen LogP contribution >= 0.6 is 0 Å². The fraction of sp³-hybridized carbons (Fsp3) is 0.708. The lowest BCUT2D eigenvalue weighted by Crippen LogP contribution is -2.48. The first-order chi connectivity index (χ1) is 15.2. The van der Waals surface area contributed by atoms with Crippen LogP contribution in [0.5, 0.6) is 11.5 Å². The van der Waals surface area contributed by atoms with Gasteiger partial charge in [-0.15, -0.1) is 0 Å². The predicted molar refractivity (Wildman–Crippen MR) is 129 cm³/mol. The number of nitrogens with zero attached hydrogens (tertiary/aromatic N) is 3. The summed E-state index contributed by atoms with van der Waals surface area (Å²) in [6.07, 6.45) is 7.31. The maximum atomic E-state index is 5.43. The van der Waals surface area contributed by atoms with Gasteiger partial charge in [-0.05, 0) is 65.1 Å².